The third-order valence-corrected chi connectivity index (χ3v) is 4.76. The van der Waals surface area contributed by atoms with Crippen LogP contribution in [0, 0.1) is 0 Å². The van der Waals surface area contributed by atoms with E-state index in [9.17, 15) is 4.79 Å². The minimum absolute atomic E-state index is 0.212. The van der Waals surface area contributed by atoms with Gasteiger partial charge in [0.25, 0.3) is 5.91 Å². The summed E-state index contributed by atoms with van der Waals surface area (Å²) in [6.07, 6.45) is 6.60. The van der Waals surface area contributed by atoms with Gasteiger partial charge in [-0.05, 0) is 63.6 Å². The summed E-state index contributed by atoms with van der Waals surface area (Å²) < 4.78 is 0. The molecule has 2 aromatic rings. The first-order valence-electron chi connectivity index (χ1n) is 8.87. The van der Waals surface area contributed by atoms with Crippen LogP contribution in [0.25, 0.3) is 10.9 Å². The van der Waals surface area contributed by atoms with Gasteiger partial charge in [-0.2, -0.15) is 0 Å². The third-order valence-electron chi connectivity index (χ3n) is 4.51. The molecule has 134 valence electrons. The molecule has 1 aliphatic rings. The molecule has 0 spiro atoms. The van der Waals surface area contributed by atoms with E-state index in [1.54, 1.807) is 6.20 Å². The van der Waals surface area contributed by atoms with E-state index in [1.165, 1.54) is 32.5 Å². The van der Waals surface area contributed by atoms with E-state index < -0.39 is 0 Å². The maximum absolute atomic E-state index is 12.3. The summed E-state index contributed by atoms with van der Waals surface area (Å²) in [4.78, 5) is 17.9. The number of benzene rings is 1. The molecular formula is C18H25N5OS. The van der Waals surface area contributed by atoms with E-state index in [0.29, 0.717) is 10.7 Å². The van der Waals surface area contributed by atoms with Crippen LogP contribution in [-0.4, -0.2) is 47.1 Å². The van der Waals surface area contributed by atoms with Gasteiger partial charge in [-0.25, -0.2) is 0 Å². The maximum Gasteiger partial charge on any atom is 0.271 e. The van der Waals surface area contributed by atoms with E-state index >= 15 is 0 Å². The second-order valence-corrected chi connectivity index (χ2v) is 6.75. The molecule has 0 atom stereocenters. The van der Waals surface area contributed by atoms with Crippen molar-refractivity contribution >= 4 is 34.1 Å². The maximum atomic E-state index is 12.3. The highest BCUT2D eigenvalue weighted by molar-refractivity contribution is 7.80. The van der Waals surface area contributed by atoms with Gasteiger partial charge in [0.05, 0.1) is 5.56 Å². The highest BCUT2D eigenvalue weighted by atomic mass is 32.1. The normalized spacial score (nSPS) is 14.6. The molecule has 6 nitrogen and oxygen atoms in total. The Morgan fingerprint density at radius 1 is 1.16 bits per heavy atom. The molecule has 1 aromatic heterocycles. The lowest BCUT2D eigenvalue weighted by molar-refractivity contribution is 0.0945. The minimum atomic E-state index is -0.212. The van der Waals surface area contributed by atoms with Crippen molar-refractivity contribution in [1.82, 2.24) is 26.1 Å². The van der Waals surface area contributed by atoms with Crippen LogP contribution in [0.5, 0.6) is 0 Å². The van der Waals surface area contributed by atoms with Crippen molar-refractivity contribution in [2.24, 2.45) is 0 Å². The Hall–Kier alpha value is -2.12. The van der Waals surface area contributed by atoms with Gasteiger partial charge in [0.2, 0.25) is 0 Å². The van der Waals surface area contributed by atoms with Crippen molar-refractivity contribution in [1.29, 1.82) is 0 Å². The topological polar surface area (TPSA) is 72.2 Å². The van der Waals surface area contributed by atoms with E-state index in [2.05, 4.69) is 26.1 Å². The number of hydrazine groups is 1. The highest BCUT2D eigenvalue weighted by Crippen LogP contribution is 2.17. The number of para-hydroxylation sites is 1. The highest BCUT2D eigenvalue weighted by Gasteiger charge is 2.12. The number of hydrogen-bond donors (Lipinski definition) is 4. The Bertz CT molecular complexity index is 723. The first kappa shape index (κ1) is 17.7. The van der Waals surface area contributed by atoms with Crippen molar-refractivity contribution in [3.63, 3.8) is 0 Å². The molecule has 1 fully saturated rings. The van der Waals surface area contributed by atoms with Crippen molar-refractivity contribution in [3.05, 3.63) is 36.0 Å². The summed E-state index contributed by atoms with van der Waals surface area (Å²) in [5.41, 5.74) is 6.94. The summed E-state index contributed by atoms with van der Waals surface area (Å²) in [7, 11) is 0. The van der Waals surface area contributed by atoms with Crippen molar-refractivity contribution in [3.8, 4) is 0 Å². The molecule has 1 amide bonds. The summed E-state index contributed by atoms with van der Waals surface area (Å²) in [5, 5.41) is 4.46. The Morgan fingerprint density at radius 2 is 1.96 bits per heavy atom. The second-order valence-electron chi connectivity index (χ2n) is 6.34. The predicted octanol–water partition coefficient (Wildman–Crippen LogP) is 2.15. The number of nitrogens with zero attached hydrogens (tertiary/aromatic N) is 1. The molecule has 1 saturated heterocycles. The zero-order valence-corrected chi connectivity index (χ0v) is 15.1. The number of fused-ring (bicyclic) bond motifs is 1. The Balaban J connectivity index is 1.33. The molecule has 1 aromatic carbocycles. The van der Waals surface area contributed by atoms with Crippen LogP contribution in [0.15, 0.2) is 30.5 Å². The average Bonchev–Trinajstić information content (AvgIpc) is 3.29. The van der Waals surface area contributed by atoms with Crippen molar-refractivity contribution in [2.75, 3.05) is 26.2 Å². The zero-order chi connectivity index (χ0) is 17.5. The molecule has 7 heteroatoms. The van der Waals surface area contributed by atoms with Crippen LogP contribution in [0.3, 0.4) is 0 Å². The number of aromatic nitrogens is 1. The monoisotopic (exact) mass is 359 g/mol. The minimum Gasteiger partial charge on any atom is -0.361 e. The number of hydrogen-bond acceptors (Lipinski definition) is 3. The van der Waals surface area contributed by atoms with Gasteiger partial charge in [-0.15, -0.1) is 0 Å². The van der Waals surface area contributed by atoms with Crippen LogP contribution in [-0.2, 0) is 0 Å². The Labute approximate surface area is 153 Å². The number of aromatic amines is 1. The number of rotatable bonds is 6. The number of carbonyl (C=O) groups is 1. The number of likely N-dealkylation sites (tertiary alicyclic amines) is 1. The predicted molar refractivity (Wildman–Crippen MR) is 104 cm³/mol. The SMILES string of the molecule is O=C(NNC(=S)NCCCCN1CCCC1)c1c[nH]c2ccccc12. The number of thiocarbonyl (C=S) groups is 1. The van der Waals surface area contributed by atoms with Gasteiger partial charge in [0, 0.05) is 23.6 Å². The second kappa shape index (κ2) is 8.82. The van der Waals surface area contributed by atoms with Crippen LogP contribution in [0.2, 0.25) is 0 Å². The first-order chi connectivity index (χ1) is 12.2. The van der Waals surface area contributed by atoms with Gasteiger partial charge in [0.15, 0.2) is 5.11 Å². The van der Waals surface area contributed by atoms with Gasteiger partial charge < -0.3 is 15.2 Å². The number of amides is 1. The van der Waals surface area contributed by atoms with Crippen LogP contribution in [0.1, 0.15) is 36.0 Å². The molecule has 2 heterocycles. The van der Waals surface area contributed by atoms with E-state index in [-0.39, 0.29) is 5.91 Å². The average molecular weight is 359 g/mol. The lowest BCUT2D eigenvalue weighted by Crippen LogP contribution is -2.47. The summed E-state index contributed by atoms with van der Waals surface area (Å²) in [6.45, 7) is 4.46. The van der Waals surface area contributed by atoms with E-state index in [4.69, 9.17) is 12.2 Å². The summed E-state index contributed by atoms with van der Waals surface area (Å²) in [5.74, 6) is -0.212. The quantitative estimate of drug-likeness (QED) is 0.361. The fraction of sp³-hybridized carbons (Fsp3) is 0.444. The Kier molecular flexibility index (Phi) is 6.25. The largest absolute Gasteiger partial charge is 0.361 e. The molecule has 0 unspecified atom stereocenters. The molecule has 0 radical (unpaired) electrons. The summed E-state index contributed by atoms with van der Waals surface area (Å²) >= 11 is 5.20. The molecule has 3 rings (SSSR count). The fourth-order valence-electron chi connectivity index (χ4n) is 3.15. The molecule has 25 heavy (non-hydrogen) atoms. The smallest absolute Gasteiger partial charge is 0.271 e. The van der Waals surface area contributed by atoms with E-state index in [1.807, 2.05) is 24.3 Å². The Morgan fingerprint density at radius 3 is 2.80 bits per heavy atom. The number of H-pyrrole nitrogens is 1. The third kappa shape index (κ3) is 4.93. The van der Waals surface area contributed by atoms with Gasteiger partial charge in [-0.1, -0.05) is 18.2 Å². The lowest BCUT2D eigenvalue weighted by Gasteiger charge is -2.15. The molecular weight excluding hydrogens is 334 g/mol. The van der Waals surface area contributed by atoms with Crippen LogP contribution >= 0.6 is 12.2 Å². The zero-order valence-electron chi connectivity index (χ0n) is 14.3. The van der Waals surface area contributed by atoms with Crippen LogP contribution in [0.4, 0.5) is 0 Å². The number of nitrogens with one attached hydrogen (secondary N) is 4. The summed E-state index contributed by atoms with van der Waals surface area (Å²) in [6, 6.07) is 7.70. The van der Waals surface area contributed by atoms with Crippen molar-refractivity contribution in [2.45, 2.75) is 25.7 Å². The van der Waals surface area contributed by atoms with Gasteiger partial charge in [-0.3, -0.25) is 15.6 Å². The number of unbranched alkanes of at least 4 members (excludes halogenated alkanes) is 1. The van der Waals surface area contributed by atoms with Crippen molar-refractivity contribution < 1.29 is 4.79 Å². The lowest BCUT2D eigenvalue weighted by atomic mass is 10.2. The van der Waals surface area contributed by atoms with Crippen LogP contribution < -0.4 is 16.2 Å². The number of carbonyl (C=O) groups excluding carboxylic acids is 1. The molecule has 4 N–H and O–H groups in total. The van der Waals surface area contributed by atoms with Gasteiger partial charge >= 0.3 is 0 Å². The molecule has 1 aliphatic heterocycles. The standard InChI is InChI=1S/C18H25N5OS/c24-17(15-13-20-16-8-2-1-7-14(15)16)21-22-18(25)19-9-3-4-10-23-11-5-6-12-23/h1-2,7-8,13,20H,3-6,9-12H2,(H,21,24)(H2,19,22,25). The molecule has 0 saturated carbocycles. The van der Waals surface area contributed by atoms with Gasteiger partial charge in [0.1, 0.15) is 0 Å². The molecule has 0 bridgehead atoms. The molecule has 0 aliphatic carbocycles. The van der Waals surface area contributed by atoms with E-state index in [0.717, 1.165) is 30.3 Å². The first-order valence-corrected chi connectivity index (χ1v) is 9.27. The fourth-order valence-corrected chi connectivity index (χ4v) is 3.31.